The topological polar surface area (TPSA) is 101 Å². The third kappa shape index (κ3) is 4.81. The molecular formula is C19H20N4O4S3. The van der Waals surface area contributed by atoms with Crippen LogP contribution in [-0.2, 0) is 26.1 Å². The number of hydrogen-bond acceptors (Lipinski definition) is 8. The van der Waals surface area contributed by atoms with E-state index in [1.54, 1.807) is 35.6 Å². The van der Waals surface area contributed by atoms with Crippen molar-refractivity contribution in [2.45, 2.75) is 16.5 Å². The van der Waals surface area contributed by atoms with E-state index < -0.39 is 10.0 Å². The lowest BCUT2D eigenvalue weighted by atomic mass is 10.2. The van der Waals surface area contributed by atoms with E-state index >= 15 is 0 Å². The highest BCUT2D eigenvalue weighted by molar-refractivity contribution is 8.00. The smallest absolute Gasteiger partial charge is 0.243 e. The van der Waals surface area contributed by atoms with Gasteiger partial charge in [-0.05, 0) is 29.1 Å². The van der Waals surface area contributed by atoms with Crippen LogP contribution in [-0.4, -0.2) is 60.7 Å². The molecule has 1 aliphatic heterocycles. The number of nitrogens with one attached hydrogen (secondary N) is 1. The fourth-order valence-electron chi connectivity index (χ4n) is 2.97. The first-order chi connectivity index (χ1) is 14.5. The number of benzene rings is 1. The first-order valence-electron chi connectivity index (χ1n) is 9.28. The minimum atomic E-state index is -3.51. The zero-order valence-electron chi connectivity index (χ0n) is 16.0. The number of aromatic nitrogens is 2. The lowest BCUT2D eigenvalue weighted by Gasteiger charge is -2.26. The van der Waals surface area contributed by atoms with Gasteiger partial charge in [0.1, 0.15) is 11.4 Å². The highest BCUT2D eigenvalue weighted by Gasteiger charge is 2.26. The van der Waals surface area contributed by atoms with Crippen molar-refractivity contribution in [2.75, 3.05) is 32.1 Å². The number of rotatable bonds is 7. The molecule has 0 spiro atoms. The van der Waals surface area contributed by atoms with Crippen LogP contribution in [0.25, 0.3) is 10.2 Å². The van der Waals surface area contributed by atoms with Crippen molar-refractivity contribution in [2.24, 2.45) is 0 Å². The molecular weight excluding hydrogens is 444 g/mol. The summed E-state index contributed by atoms with van der Waals surface area (Å²) in [4.78, 5) is 20.9. The van der Waals surface area contributed by atoms with Crippen LogP contribution in [0, 0.1) is 0 Å². The van der Waals surface area contributed by atoms with Crippen molar-refractivity contribution >= 4 is 49.2 Å². The van der Waals surface area contributed by atoms with E-state index in [1.807, 2.05) is 11.4 Å². The average Bonchev–Trinajstić information content (AvgIpc) is 3.27. The van der Waals surface area contributed by atoms with Crippen molar-refractivity contribution in [3.63, 3.8) is 0 Å². The van der Waals surface area contributed by atoms with Gasteiger partial charge in [0.25, 0.3) is 0 Å². The first-order valence-corrected chi connectivity index (χ1v) is 12.6. The summed E-state index contributed by atoms with van der Waals surface area (Å²) < 4.78 is 32.9. The summed E-state index contributed by atoms with van der Waals surface area (Å²) in [5.41, 5.74) is 1.71. The third-order valence-electron chi connectivity index (χ3n) is 4.57. The first kappa shape index (κ1) is 21.2. The summed E-state index contributed by atoms with van der Waals surface area (Å²) in [5.74, 6) is 0.126. The summed E-state index contributed by atoms with van der Waals surface area (Å²) in [7, 11) is -3.51. The van der Waals surface area contributed by atoms with Crippen molar-refractivity contribution in [1.29, 1.82) is 0 Å². The Bertz CT molecular complexity index is 1130. The second-order valence-electron chi connectivity index (χ2n) is 6.54. The summed E-state index contributed by atoms with van der Waals surface area (Å²) >= 11 is 2.92. The molecule has 1 aliphatic rings. The molecule has 158 valence electrons. The van der Waals surface area contributed by atoms with Crippen LogP contribution in [0.1, 0.15) is 5.56 Å². The van der Waals surface area contributed by atoms with E-state index in [1.165, 1.54) is 22.4 Å². The molecule has 30 heavy (non-hydrogen) atoms. The summed E-state index contributed by atoms with van der Waals surface area (Å²) in [6.07, 6.45) is 1.50. The van der Waals surface area contributed by atoms with Gasteiger partial charge in [-0.15, -0.1) is 11.3 Å². The summed E-state index contributed by atoms with van der Waals surface area (Å²) in [5, 5.41) is 5.60. The van der Waals surface area contributed by atoms with Crippen LogP contribution in [0.5, 0.6) is 0 Å². The maximum atomic E-state index is 12.6. The summed E-state index contributed by atoms with van der Waals surface area (Å²) in [6.45, 7) is 1.88. The maximum absolute atomic E-state index is 12.6. The Hall–Kier alpha value is -2.05. The number of fused-ring (bicyclic) bond motifs is 1. The molecule has 0 atom stereocenters. The van der Waals surface area contributed by atoms with Crippen molar-refractivity contribution in [3.8, 4) is 0 Å². The quantitative estimate of drug-likeness (QED) is 0.422. The van der Waals surface area contributed by atoms with Crippen molar-refractivity contribution in [3.05, 3.63) is 47.6 Å². The standard InChI is InChI=1S/C19H20N4O4S3/c24-17(12-29-19-18-16(5-10-28-18)21-13-22-19)20-11-14-1-3-15(4-2-14)30(25,26)23-6-8-27-9-7-23/h1-5,10,13H,6-9,11-12H2,(H,20,24). The van der Waals surface area contributed by atoms with E-state index in [-0.39, 0.29) is 16.6 Å². The molecule has 1 N–H and O–H groups in total. The normalized spacial score (nSPS) is 15.3. The second kappa shape index (κ2) is 9.40. The van der Waals surface area contributed by atoms with Gasteiger partial charge < -0.3 is 10.1 Å². The molecule has 2 aromatic heterocycles. The maximum Gasteiger partial charge on any atom is 0.243 e. The molecule has 3 heterocycles. The summed E-state index contributed by atoms with van der Waals surface area (Å²) in [6, 6.07) is 8.53. The third-order valence-corrected chi connectivity index (χ3v) is 8.51. The monoisotopic (exact) mass is 464 g/mol. The number of sulfonamides is 1. The Morgan fingerprint density at radius 1 is 1.17 bits per heavy atom. The van der Waals surface area contributed by atoms with E-state index in [0.29, 0.717) is 32.8 Å². The molecule has 0 radical (unpaired) electrons. The minimum Gasteiger partial charge on any atom is -0.379 e. The van der Waals surface area contributed by atoms with E-state index in [0.717, 1.165) is 20.8 Å². The number of hydrogen-bond donors (Lipinski definition) is 1. The van der Waals surface area contributed by atoms with Gasteiger partial charge in [-0.1, -0.05) is 23.9 Å². The van der Waals surface area contributed by atoms with E-state index in [2.05, 4.69) is 15.3 Å². The minimum absolute atomic E-state index is 0.117. The lowest BCUT2D eigenvalue weighted by Crippen LogP contribution is -2.40. The lowest BCUT2D eigenvalue weighted by molar-refractivity contribution is -0.118. The Balaban J connectivity index is 1.30. The second-order valence-corrected chi connectivity index (χ2v) is 10.4. The SMILES string of the molecule is O=C(CSc1ncnc2ccsc12)NCc1ccc(S(=O)(=O)N2CCOCC2)cc1. The van der Waals surface area contributed by atoms with Gasteiger partial charge in [-0.25, -0.2) is 18.4 Å². The Kier molecular flexibility index (Phi) is 6.64. The molecule has 11 heteroatoms. The van der Waals surface area contributed by atoms with E-state index in [9.17, 15) is 13.2 Å². The van der Waals surface area contributed by atoms with Crippen LogP contribution >= 0.6 is 23.1 Å². The fourth-order valence-corrected chi connectivity index (χ4v) is 6.15. The molecule has 1 saturated heterocycles. The van der Waals surface area contributed by atoms with Gasteiger partial charge in [0, 0.05) is 19.6 Å². The van der Waals surface area contributed by atoms with Crippen LogP contribution in [0.2, 0.25) is 0 Å². The number of thioether (sulfide) groups is 1. The number of morpholine rings is 1. The van der Waals surface area contributed by atoms with Crippen LogP contribution in [0.15, 0.2) is 52.0 Å². The molecule has 0 bridgehead atoms. The number of amides is 1. The fraction of sp³-hybridized carbons (Fsp3) is 0.316. The highest BCUT2D eigenvalue weighted by Crippen LogP contribution is 2.28. The predicted molar refractivity (Wildman–Crippen MR) is 116 cm³/mol. The molecule has 0 saturated carbocycles. The Morgan fingerprint density at radius 2 is 1.93 bits per heavy atom. The van der Waals surface area contributed by atoms with Crippen LogP contribution < -0.4 is 5.32 Å². The van der Waals surface area contributed by atoms with Crippen LogP contribution in [0.4, 0.5) is 0 Å². The average molecular weight is 465 g/mol. The predicted octanol–water partition coefficient (Wildman–Crippen LogP) is 2.12. The largest absolute Gasteiger partial charge is 0.379 e. The number of nitrogens with zero attached hydrogens (tertiary/aromatic N) is 3. The number of ether oxygens (including phenoxy) is 1. The van der Waals surface area contributed by atoms with Crippen LogP contribution in [0.3, 0.4) is 0 Å². The van der Waals surface area contributed by atoms with Crippen molar-refractivity contribution in [1.82, 2.24) is 19.6 Å². The molecule has 4 rings (SSSR count). The molecule has 0 aliphatic carbocycles. The highest BCUT2D eigenvalue weighted by atomic mass is 32.2. The molecule has 8 nitrogen and oxygen atoms in total. The van der Waals surface area contributed by atoms with Gasteiger partial charge >= 0.3 is 0 Å². The van der Waals surface area contributed by atoms with Gasteiger partial charge in [0.15, 0.2) is 0 Å². The Morgan fingerprint density at radius 3 is 2.70 bits per heavy atom. The molecule has 0 unspecified atom stereocenters. The number of thiophene rings is 1. The zero-order chi connectivity index (χ0) is 21.0. The number of carbonyl (C=O) groups is 1. The van der Waals surface area contributed by atoms with Gasteiger partial charge in [0.2, 0.25) is 15.9 Å². The molecule has 1 amide bonds. The van der Waals surface area contributed by atoms with E-state index in [4.69, 9.17) is 4.74 Å². The zero-order valence-corrected chi connectivity index (χ0v) is 18.4. The Labute approximate surface area is 182 Å². The molecule has 1 aromatic carbocycles. The molecule has 3 aromatic rings. The van der Waals surface area contributed by atoms with Gasteiger partial charge in [-0.2, -0.15) is 4.31 Å². The van der Waals surface area contributed by atoms with Gasteiger partial charge in [-0.3, -0.25) is 4.79 Å². The number of carbonyl (C=O) groups excluding carboxylic acids is 1. The van der Waals surface area contributed by atoms with Crippen molar-refractivity contribution < 1.29 is 17.9 Å². The van der Waals surface area contributed by atoms with Gasteiger partial charge in [0.05, 0.1) is 34.1 Å². The molecule has 1 fully saturated rings.